The summed E-state index contributed by atoms with van der Waals surface area (Å²) >= 11 is 1.40. The van der Waals surface area contributed by atoms with Crippen molar-refractivity contribution in [1.29, 1.82) is 0 Å². The molecule has 0 saturated heterocycles. The van der Waals surface area contributed by atoms with Gasteiger partial charge in [0.15, 0.2) is 5.16 Å². The van der Waals surface area contributed by atoms with E-state index in [1.807, 2.05) is 42.5 Å². The minimum absolute atomic E-state index is 0.251. The number of imidazole rings is 1. The van der Waals surface area contributed by atoms with Gasteiger partial charge in [-0.15, -0.1) is 0 Å². The van der Waals surface area contributed by atoms with Gasteiger partial charge in [0.25, 0.3) is 0 Å². The Morgan fingerprint density at radius 3 is 2.71 bits per heavy atom. The fraction of sp³-hybridized carbons (Fsp3) is 0.158. The van der Waals surface area contributed by atoms with Crippen molar-refractivity contribution in [1.82, 2.24) is 9.55 Å². The highest BCUT2D eigenvalue weighted by atomic mass is 32.2. The van der Waals surface area contributed by atoms with Crippen molar-refractivity contribution in [2.24, 2.45) is 0 Å². The van der Waals surface area contributed by atoms with Crippen LogP contribution in [0.1, 0.15) is 5.56 Å². The lowest BCUT2D eigenvalue weighted by Crippen LogP contribution is -2.05. The number of allylic oxidation sites excluding steroid dienone is 1. The maximum absolute atomic E-state index is 11.4. The molecule has 3 aromatic rings. The summed E-state index contributed by atoms with van der Waals surface area (Å²) in [5.41, 5.74) is 3.14. The number of methoxy groups -OCH3 is 1. The van der Waals surface area contributed by atoms with Gasteiger partial charge in [-0.05, 0) is 17.7 Å². The number of nitrogens with zero attached hydrogens (tertiary/aromatic N) is 2. The van der Waals surface area contributed by atoms with Crippen molar-refractivity contribution < 1.29 is 9.53 Å². The first kappa shape index (κ1) is 16.3. The molecule has 0 aliphatic heterocycles. The summed E-state index contributed by atoms with van der Waals surface area (Å²) in [7, 11) is 1.40. The van der Waals surface area contributed by atoms with Gasteiger partial charge in [-0.3, -0.25) is 4.79 Å². The van der Waals surface area contributed by atoms with Crippen LogP contribution >= 0.6 is 11.8 Å². The number of thioether (sulfide) groups is 1. The molecule has 1 heterocycles. The molecular weight excluding hydrogens is 320 g/mol. The Bertz CT molecular complexity index is 856. The topological polar surface area (TPSA) is 44.1 Å². The molecule has 4 nitrogen and oxygen atoms in total. The lowest BCUT2D eigenvalue weighted by atomic mass is 10.2. The van der Waals surface area contributed by atoms with Crippen LogP contribution in [-0.2, 0) is 16.1 Å². The second-order valence-electron chi connectivity index (χ2n) is 5.17. The zero-order chi connectivity index (χ0) is 16.8. The first-order chi connectivity index (χ1) is 11.8. The molecule has 0 unspecified atom stereocenters. The van der Waals surface area contributed by atoms with E-state index in [4.69, 9.17) is 4.74 Å². The van der Waals surface area contributed by atoms with Crippen LogP contribution < -0.4 is 0 Å². The first-order valence-electron chi connectivity index (χ1n) is 7.64. The van der Waals surface area contributed by atoms with Crippen LogP contribution in [0.5, 0.6) is 0 Å². The normalized spacial score (nSPS) is 11.2. The van der Waals surface area contributed by atoms with Gasteiger partial charge >= 0.3 is 5.97 Å². The van der Waals surface area contributed by atoms with Crippen LogP contribution in [0.4, 0.5) is 0 Å². The average Bonchev–Trinajstić information content (AvgIpc) is 2.98. The summed E-state index contributed by atoms with van der Waals surface area (Å²) < 4.78 is 6.83. The molecule has 0 saturated carbocycles. The van der Waals surface area contributed by atoms with E-state index in [-0.39, 0.29) is 11.7 Å². The molecule has 0 atom stereocenters. The predicted molar refractivity (Wildman–Crippen MR) is 97.9 cm³/mol. The summed E-state index contributed by atoms with van der Waals surface area (Å²) in [6, 6.07) is 18.2. The fourth-order valence-corrected chi connectivity index (χ4v) is 3.24. The number of ether oxygens (including phenoxy) is 1. The van der Waals surface area contributed by atoms with Crippen molar-refractivity contribution in [3.8, 4) is 0 Å². The summed E-state index contributed by atoms with van der Waals surface area (Å²) in [5.74, 6) is 0.000754. The van der Waals surface area contributed by atoms with Gasteiger partial charge in [-0.2, -0.15) is 0 Å². The predicted octanol–water partition coefficient (Wildman–Crippen LogP) is 4.01. The Morgan fingerprint density at radius 2 is 1.92 bits per heavy atom. The van der Waals surface area contributed by atoms with Gasteiger partial charge in [0.2, 0.25) is 0 Å². The van der Waals surface area contributed by atoms with Gasteiger partial charge in [0.05, 0.1) is 23.9 Å². The molecule has 24 heavy (non-hydrogen) atoms. The van der Waals surface area contributed by atoms with Crippen molar-refractivity contribution in [2.75, 3.05) is 12.9 Å². The zero-order valence-electron chi connectivity index (χ0n) is 13.4. The van der Waals surface area contributed by atoms with Crippen molar-refractivity contribution in [3.63, 3.8) is 0 Å². The largest absolute Gasteiger partial charge is 0.468 e. The van der Waals surface area contributed by atoms with Crippen LogP contribution in [-0.4, -0.2) is 28.4 Å². The summed E-state index contributed by atoms with van der Waals surface area (Å²) in [6.07, 6.45) is 4.19. The third-order valence-electron chi connectivity index (χ3n) is 3.56. The highest BCUT2D eigenvalue weighted by Gasteiger charge is 2.12. The van der Waals surface area contributed by atoms with E-state index in [1.54, 1.807) is 0 Å². The molecule has 0 fully saturated rings. The van der Waals surface area contributed by atoms with E-state index in [2.05, 4.69) is 33.8 Å². The van der Waals surface area contributed by atoms with E-state index in [1.165, 1.54) is 18.9 Å². The van der Waals surface area contributed by atoms with E-state index < -0.39 is 0 Å². The molecule has 0 aliphatic carbocycles. The summed E-state index contributed by atoms with van der Waals surface area (Å²) in [5, 5.41) is 0.819. The Morgan fingerprint density at radius 1 is 1.17 bits per heavy atom. The quantitative estimate of drug-likeness (QED) is 0.503. The number of hydrogen-bond donors (Lipinski definition) is 0. The maximum Gasteiger partial charge on any atom is 0.316 e. The second-order valence-corrected chi connectivity index (χ2v) is 6.11. The highest BCUT2D eigenvalue weighted by Crippen LogP contribution is 2.24. The van der Waals surface area contributed by atoms with Crippen molar-refractivity contribution in [2.45, 2.75) is 11.7 Å². The van der Waals surface area contributed by atoms with Crippen molar-refractivity contribution >= 4 is 34.8 Å². The SMILES string of the molecule is COC(=O)CSc1nc2ccccc2n1CC=Cc1ccccc1. The molecule has 0 bridgehead atoms. The van der Waals surface area contributed by atoms with E-state index in [0.717, 1.165) is 21.8 Å². The smallest absolute Gasteiger partial charge is 0.316 e. The number of rotatable bonds is 6. The third-order valence-corrected chi connectivity index (χ3v) is 4.51. The van der Waals surface area contributed by atoms with E-state index >= 15 is 0 Å². The number of fused-ring (bicyclic) bond motifs is 1. The van der Waals surface area contributed by atoms with Crippen LogP contribution in [0.15, 0.2) is 65.8 Å². The molecule has 3 rings (SSSR count). The molecule has 1 aromatic heterocycles. The average molecular weight is 338 g/mol. The van der Waals surface area contributed by atoms with Gasteiger partial charge in [0.1, 0.15) is 0 Å². The standard InChI is InChI=1S/C19H18N2O2S/c1-23-18(22)14-24-19-20-16-11-5-6-12-17(16)21(19)13-7-10-15-8-3-2-4-9-15/h2-12H,13-14H2,1H3. The monoisotopic (exact) mass is 338 g/mol. The minimum Gasteiger partial charge on any atom is -0.468 e. The van der Waals surface area contributed by atoms with Crippen molar-refractivity contribution in [3.05, 3.63) is 66.2 Å². The Kier molecular flexibility index (Phi) is 5.33. The van der Waals surface area contributed by atoms with Crippen LogP contribution in [0.25, 0.3) is 17.1 Å². The third kappa shape index (κ3) is 3.86. The molecule has 2 aromatic carbocycles. The minimum atomic E-state index is -0.251. The molecule has 0 amide bonds. The Labute approximate surface area is 145 Å². The maximum atomic E-state index is 11.4. The van der Waals surface area contributed by atoms with Crippen LogP contribution in [0, 0.1) is 0 Å². The molecule has 122 valence electrons. The lowest BCUT2D eigenvalue weighted by molar-refractivity contribution is -0.137. The number of carbonyl (C=O) groups excluding carboxylic acids is 1. The van der Waals surface area contributed by atoms with E-state index in [0.29, 0.717) is 6.54 Å². The molecule has 0 aliphatic rings. The van der Waals surface area contributed by atoms with Gasteiger partial charge in [-0.1, -0.05) is 66.4 Å². The number of hydrogen-bond acceptors (Lipinski definition) is 4. The lowest BCUT2D eigenvalue weighted by Gasteiger charge is -2.05. The number of benzene rings is 2. The molecule has 0 N–H and O–H groups in total. The number of esters is 1. The van der Waals surface area contributed by atoms with Gasteiger partial charge in [0, 0.05) is 6.54 Å². The van der Waals surface area contributed by atoms with E-state index in [9.17, 15) is 4.79 Å². The fourth-order valence-electron chi connectivity index (χ4n) is 2.38. The Balaban J connectivity index is 1.84. The van der Waals surface area contributed by atoms with Crippen LogP contribution in [0.2, 0.25) is 0 Å². The molecule has 0 spiro atoms. The number of para-hydroxylation sites is 2. The van der Waals surface area contributed by atoms with Crippen LogP contribution in [0.3, 0.4) is 0 Å². The highest BCUT2D eigenvalue weighted by molar-refractivity contribution is 7.99. The number of carbonyl (C=O) groups is 1. The summed E-state index contributed by atoms with van der Waals surface area (Å²) in [4.78, 5) is 16.0. The second kappa shape index (κ2) is 7.84. The molecular formula is C19H18N2O2S. The number of aromatic nitrogens is 2. The molecule has 5 heteroatoms. The molecule has 0 radical (unpaired) electrons. The van der Waals surface area contributed by atoms with Gasteiger partial charge in [-0.25, -0.2) is 4.98 Å². The summed E-state index contributed by atoms with van der Waals surface area (Å²) in [6.45, 7) is 0.693. The Hall–Kier alpha value is -2.53. The first-order valence-corrected chi connectivity index (χ1v) is 8.63. The zero-order valence-corrected chi connectivity index (χ0v) is 14.2. The van der Waals surface area contributed by atoms with Gasteiger partial charge < -0.3 is 9.30 Å².